The summed E-state index contributed by atoms with van der Waals surface area (Å²) in [5, 5.41) is 7.59. The fourth-order valence-electron chi connectivity index (χ4n) is 3.15. The Kier molecular flexibility index (Phi) is 6.11. The van der Waals surface area contributed by atoms with Crippen molar-refractivity contribution in [3.63, 3.8) is 0 Å². The summed E-state index contributed by atoms with van der Waals surface area (Å²) >= 11 is 3.44. The van der Waals surface area contributed by atoms with E-state index in [1.165, 1.54) is 5.56 Å². The fourth-order valence-corrected chi connectivity index (χ4v) is 3.42. The van der Waals surface area contributed by atoms with Gasteiger partial charge >= 0.3 is 0 Å². The number of carbonyl (C=O) groups is 1. The summed E-state index contributed by atoms with van der Waals surface area (Å²) in [6.45, 7) is 6.72. The van der Waals surface area contributed by atoms with E-state index in [1.54, 1.807) is 0 Å². The van der Waals surface area contributed by atoms with E-state index in [9.17, 15) is 4.79 Å². The largest absolute Gasteiger partial charge is 0.349 e. The van der Waals surface area contributed by atoms with Crippen LogP contribution in [0, 0.1) is 13.8 Å². The Bertz CT molecular complexity index is 931. The maximum absolute atomic E-state index is 12.6. The van der Waals surface area contributed by atoms with Gasteiger partial charge in [-0.15, -0.1) is 0 Å². The summed E-state index contributed by atoms with van der Waals surface area (Å²) < 4.78 is 3.02. The summed E-state index contributed by atoms with van der Waals surface area (Å²) in [5.41, 5.74) is 5.06. The van der Waals surface area contributed by atoms with E-state index < -0.39 is 0 Å². The lowest BCUT2D eigenvalue weighted by Gasteiger charge is -2.15. The van der Waals surface area contributed by atoms with Gasteiger partial charge in [-0.2, -0.15) is 5.10 Å². The first kappa shape index (κ1) is 19.4. The van der Waals surface area contributed by atoms with Gasteiger partial charge in [-0.1, -0.05) is 40.2 Å². The molecule has 1 aromatic heterocycles. The molecular formula is C22H24BrN3O. The third kappa shape index (κ3) is 5.30. The van der Waals surface area contributed by atoms with Gasteiger partial charge in [0, 0.05) is 21.8 Å². The number of hydrogen-bond acceptors (Lipinski definition) is 2. The van der Waals surface area contributed by atoms with Gasteiger partial charge in [-0.05, 0) is 68.7 Å². The fraction of sp³-hybridized carbons (Fsp3) is 0.273. The molecular weight excluding hydrogens is 402 g/mol. The van der Waals surface area contributed by atoms with Crippen molar-refractivity contribution in [1.29, 1.82) is 0 Å². The van der Waals surface area contributed by atoms with Gasteiger partial charge in [0.05, 0.1) is 12.2 Å². The number of nitrogens with one attached hydrogen (secondary N) is 1. The molecule has 0 bridgehead atoms. The predicted octanol–water partition coefficient (Wildman–Crippen LogP) is 4.67. The normalized spacial score (nSPS) is 12.0. The van der Waals surface area contributed by atoms with Crippen molar-refractivity contribution in [2.24, 2.45) is 0 Å². The van der Waals surface area contributed by atoms with Crippen molar-refractivity contribution in [3.05, 3.63) is 87.1 Å². The van der Waals surface area contributed by atoms with Crippen LogP contribution < -0.4 is 5.32 Å². The van der Waals surface area contributed by atoms with Crippen LogP contribution in [-0.4, -0.2) is 21.7 Å². The number of amides is 1. The first-order chi connectivity index (χ1) is 12.9. The minimum absolute atomic E-state index is 0.0465. The Morgan fingerprint density at radius 3 is 2.52 bits per heavy atom. The molecule has 1 unspecified atom stereocenters. The van der Waals surface area contributed by atoms with Crippen molar-refractivity contribution in [2.75, 3.05) is 0 Å². The van der Waals surface area contributed by atoms with Crippen LogP contribution >= 0.6 is 15.9 Å². The Morgan fingerprint density at radius 2 is 1.85 bits per heavy atom. The van der Waals surface area contributed by atoms with E-state index in [1.807, 2.05) is 61.9 Å². The van der Waals surface area contributed by atoms with Crippen molar-refractivity contribution in [2.45, 2.75) is 39.8 Å². The Morgan fingerprint density at radius 1 is 1.11 bits per heavy atom. The number of aryl methyl sites for hydroxylation is 2. The van der Waals surface area contributed by atoms with Crippen LogP contribution in [-0.2, 0) is 13.0 Å². The molecule has 1 amide bonds. The molecule has 1 atom stereocenters. The van der Waals surface area contributed by atoms with Crippen molar-refractivity contribution in [1.82, 2.24) is 15.1 Å². The van der Waals surface area contributed by atoms with Crippen LogP contribution in [0.25, 0.3) is 0 Å². The van der Waals surface area contributed by atoms with E-state index in [0.717, 1.165) is 27.8 Å². The van der Waals surface area contributed by atoms with Gasteiger partial charge < -0.3 is 5.32 Å². The SMILES string of the molecule is Cc1cc(C)n(Cc2cccc(C(=O)NC(C)Cc3ccc(Br)cc3)c2)n1. The lowest BCUT2D eigenvalue weighted by Crippen LogP contribution is -2.34. The zero-order valence-corrected chi connectivity index (χ0v) is 17.5. The molecule has 1 N–H and O–H groups in total. The second-order valence-corrected chi connectivity index (χ2v) is 7.91. The number of halogens is 1. The van der Waals surface area contributed by atoms with Crippen LogP contribution in [0.1, 0.15) is 39.8 Å². The lowest BCUT2D eigenvalue weighted by molar-refractivity contribution is 0.0940. The molecule has 0 saturated heterocycles. The molecule has 0 aliphatic heterocycles. The van der Waals surface area contributed by atoms with Crippen molar-refractivity contribution < 1.29 is 4.79 Å². The molecule has 0 fully saturated rings. The topological polar surface area (TPSA) is 46.9 Å². The Labute approximate surface area is 168 Å². The summed E-state index contributed by atoms with van der Waals surface area (Å²) in [7, 11) is 0. The van der Waals surface area contributed by atoms with Crippen molar-refractivity contribution >= 4 is 21.8 Å². The van der Waals surface area contributed by atoms with Gasteiger partial charge in [0.2, 0.25) is 0 Å². The summed E-state index contributed by atoms with van der Waals surface area (Å²) in [6.07, 6.45) is 0.796. The molecule has 4 nitrogen and oxygen atoms in total. The standard InChI is InChI=1S/C22H24BrN3O/c1-15(12-18-7-9-21(23)10-8-18)24-22(27)20-6-4-5-19(13-20)14-26-17(3)11-16(2)25-26/h4-11,13,15H,12,14H2,1-3H3,(H,24,27). The molecule has 0 saturated carbocycles. The smallest absolute Gasteiger partial charge is 0.251 e. The quantitative estimate of drug-likeness (QED) is 0.623. The monoisotopic (exact) mass is 425 g/mol. The molecule has 3 rings (SSSR count). The van der Waals surface area contributed by atoms with E-state index in [0.29, 0.717) is 12.1 Å². The highest BCUT2D eigenvalue weighted by molar-refractivity contribution is 9.10. The first-order valence-corrected chi connectivity index (χ1v) is 9.85. The van der Waals surface area contributed by atoms with Gasteiger partial charge in [-0.25, -0.2) is 0 Å². The maximum atomic E-state index is 12.6. The second kappa shape index (κ2) is 8.53. The van der Waals surface area contributed by atoms with Gasteiger partial charge in [0.15, 0.2) is 0 Å². The molecule has 0 radical (unpaired) electrons. The minimum atomic E-state index is -0.0465. The Hall–Kier alpha value is -2.40. The first-order valence-electron chi connectivity index (χ1n) is 9.06. The molecule has 0 aliphatic rings. The molecule has 140 valence electrons. The van der Waals surface area contributed by atoms with Gasteiger partial charge in [-0.3, -0.25) is 9.48 Å². The maximum Gasteiger partial charge on any atom is 0.251 e. The highest BCUT2D eigenvalue weighted by Gasteiger charge is 2.11. The average Bonchev–Trinajstić information content (AvgIpc) is 2.94. The highest BCUT2D eigenvalue weighted by Crippen LogP contribution is 2.13. The van der Waals surface area contributed by atoms with E-state index >= 15 is 0 Å². The molecule has 2 aromatic carbocycles. The van der Waals surface area contributed by atoms with Crippen LogP contribution in [0.4, 0.5) is 0 Å². The van der Waals surface area contributed by atoms with Gasteiger partial charge in [0.1, 0.15) is 0 Å². The van der Waals surface area contributed by atoms with Crippen LogP contribution in [0.5, 0.6) is 0 Å². The van der Waals surface area contributed by atoms with E-state index in [-0.39, 0.29) is 11.9 Å². The zero-order chi connectivity index (χ0) is 19.4. The van der Waals surface area contributed by atoms with Crippen LogP contribution in [0.2, 0.25) is 0 Å². The lowest BCUT2D eigenvalue weighted by atomic mass is 10.1. The molecule has 0 spiro atoms. The van der Waals surface area contributed by atoms with E-state index in [2.05, 4.69) is 44.5 Å². The second-order valence-electron chi connectivity index (χ2n) is 6.99. The molecule has 1 heterocycles. The summed E-state index contributed by atoms with van der Waals surface area (Å²) in [4.78, 5) is 12.6. The summed E-state index contributed by atoms with van der Waals surface area (Å²) in [5.74, 6) is -0.0465. The average molecular weight is 426 g/mol. The van der Waals surface area contributed by atoms with Crippen LogP contribution in [0.3, 0.4) is 0 Å². The number of hydrogen-bond donors (Lipinski definition) is 1. The number of benzene rings is 2. The molecule has 0 aliphatic carbocycles. The third-order valence-corrected chi connectivity index (χ3v) is 4.99. The Balaban J connectivity index is 1.64. The van der Waals surface area contributed by atoms with Gasteiger partial charge in [0.25, 0.3) is 5.91 Å². The molecule has 5 heteroatoms. The number of aromatic nitrogens is 2. The highest BCUT2D eigenvalue weighted by atomic mass is 79.9. The van der Waals surface area contributed by atoms with Crippen LogP contribution in [0.15, 0.2) is 59.1 Å². The third-order valence-electron chi connectivity index (χ3n) is 4.46. The number of rotatable bonds is 6. The van der Waals surface area contributed by atoms with Crippen molar-refractivity contribution in [3.8, 4) is 0 Å². The minimum Gasteiger partial charge on any atom is -0.349 e. The van der Waals surface area contributed by atoms with E-state index in [4.69, 9.17) is 0 Å². The predicted molar refractivity (Wildman–Crippen MR) is 112 cm³/mol. The number of carbonyl (C=O) groups excluding carboxylic acids is 1. The zero-order valence-electron chi connectivity index (χ0n) is 15.9. The summed E-state index contributed by atoms with van der Waals surface area (Å²) in [6, 6.07) is 18.0. The molecule has 27 heavy (non-hydrogen) atoms. The molecule has 3 aromatic rings. The number of nitrogens with zero attached hydrogens (tertiary/aromatic N) is 2.